The Kier molecular flexibility index (Phi) is 6.77. The van der Waals surface area contributed by atoms with Gasteiger partial charge in [0.1, 0.15) is 6.10 Å². The molecule has 4 nitrogen and oxygen atoms in total. The van der Waals surface area contributed by atoms with Crippen molar-refractivity contribution in [2.75, 3.05) is 18.0 Å². The third-order valence-electron chi connectivity index (χ3n) is 2.99. The second-order valence-corrected chi connectivity index (χ2v) is 4.58. The zero-order valence-corrected chi connectivity index (χ0v) is 13.7. The predicted molar refractivity (Wildman–Crippen MR) is 70.7 cm³/mol. The summed E-state index contributed by atoms with van der Waals surface area (Å²) in [7, 11) is 0. The smallest absolute Gasteiger partial charge is 0.369 e. The molecule has 1 fully saturated rings. The number of carbonyl (C=O) groups excluding carboxylic acids is 1. The standard InChI is InChI=1S/C13H14F3NO3.Ca/c1-9(18)19-20-12-5-6-17(8-12)11-4-2-3-10(7-11)13(14,15)16;/h2-4,7,12H,5-6,8H2,1H3;. The predicted octanol–water partition coefficient (Wildman–Crippen LogP) is 2.40. The van der Waals surface area contributed by atoms with E-state index in [9.17, 15) is 18.0 Å². The number of anilines is 1. The fourth-order valence-electron chi connectivity index (χ4n) is 2.06. The van der Waals surface area contributed by atoms with Crippen LogP contribution in [0.2, 0.25) is 0 Å². The molecule has 0 N–H and O–H groups in total. The van der Waals surface area contributed by atoms with Crippen LogP contribution < -0.4 is 4.90 Å². The molecule has 0 bridgehead atoms. The van der Waals surface area contributed by atoms with Crippen LogP contribution in [0, 0.1) is 0 Å². The number of alkyl halides is 3. The van der Waals surface area contributed by atoms with Crippen LogP contribution in [-0.2, 0) is 20.7 Å². The summed E-state index contributed by atoms with van der Waals surface area (Å²) in [6.07, 6.45) is -4.10. The number of carbonyl (C=O) groups is 1. The van der Waals surface area contributed by atoms with E-state index in [2.05, 4.69) is 4.89 Å². The first kappa shape index (κ1) is 18.5. The number of hydrogen-bond donors (Lipinski definition) is 0. The minimum atomic E-state index is -4.36. The van der Waals surface area contributed by atoms with Crippen LogP contribution in [0.1, 0.15) is 18.9 Å². The largest absolute Gasteiger partial charge is 0.416 e. The van der Waals surface area contributed by atoms with Crippen molar-refractivity contribution < 1.29 is 27.7 Å². The molecule has 0 amide bonds. The Morgan fingerprint density at radius 2 is 2.10 bits per heavy atom. The number of benzene rings is 1. The van der Waals surface area contributed by atoms with Gasteiger partial charge in [0.15, 0.2) is 0 Å². The summed E-state index contributed by atoms with van der Waals surface area (Å²) in [6.45, 7) is 2.15. The van der Waals surface area contributed by atoms with Crippen molar-refractivity contribution in [3.8, 4) is 0 Å². The number of rotatable bonds is 3. The molecule has 0 saturated carbocycles. The van der Waals surface area contributed by atoms with E-state index in [0.717, 1.165) is 12.1 Å². The molecule has 1 unspecified atom stereocenters. The van der Waals surface area contributed by atoms with Gasteiger partial charge in [-0.15, -0.1) is 0 Å². The van der Waals surface area contributed by atoms with Gasteiger partial charge in [0.05, 0.1) is 5.56 Å². The fourth-order valence-corrected chi connectivity index (χ4v) is 2.06. The first-order valence-electron chi connectivity index (χ1n) is 6.12. The van der Waals surface area contributed by atoms with Gasteiger partial charge in [0, 0.05) is 63.4 Å². The molecule has 1 saturated heterocycles. The summed E-state index contributed by atoms with van der Waals surface area (Å²) < 4.78 is 37.9. The quantitative estimate of drug-likeness (QED) is 0.485. The topological polar surface area (TPSA) is 38.8 Å². The monoisotopic (exact) mass is 329 g/mol. The summed E-state index contributed by atoms with van der Waals surface area (Å²) in [5, 5.41) is 0. The average Bonchev–Trinajstić information content (AvgIpc) is 2.84. The van der Waals surface area contributed by atoms with Crippen molar-refractivity contribution in [3.63, 3.8) is 0 Å². The minimum absolute atomic E-state index is 0. The average molecular weight is 329 g/mol. The summed E-state index contributed by atoms with van der Waals surface area (Å²) in [4.78, 5) is 21.7. The van der Waals surface area contributed by atoms with Crippen LogP contribution in [0.3, 0.4) is 0 Å². The summed E-state index contributed by atoms with van der Waals surface area (Å²) in [5.41, 5.74) is -0.201. The van der Waals surface area contributed by atoms with Crippen LogP contribution in [0.15, 0.2) is 24.3 Å². The molecule has 1 aromatic rings. The van der Waals surface area contributed by atoms with Crippen molar-refractivity contribution >= 4 is 49.4 Å². The zero-order chi connectivity index (χ0) is 14.8. The van der Waals surface area contributed by atoms with Crippen LogP contribution in [-0.4, -0.2) is 62.9 Å². The fraction of sp³-hybridized carbons (Fsp3) is 0.462. The third kappa shape index (κ3) is 5.32. The second-order valence-electron chi connectivity index (χ2n) is 4.58. The maximum atomic E-state index is 12.6. The molecule has 1 aromatic carbocycles. The zero-order valence-electron chi connectivity index (χ0n) is 11.5. The minimum Gasteiger partial charge on any atom is -0.369 e. The molecule has 21 heavy (non-hydrogen) atoms. The number of nitrogens with zero attached hydrogens (tertiary/aromatic N) is 1. The summed E-state index contributed by atoms with van der Waals surface area (Å²) in [5.74, 6) is -0.553. The van der Waals surface area contributed by atoms with E-state index in [0.29, 0.717) is 25.2 Å². The van der Waals surface area contributed by atoms with E-state index in [1.165, 1.54) is 13.0 Å². The van der Waals surface area contributed by atoms with Crippen molar-refractivity contribution in [2.24, 2.45) is 0 Å². The van der Waals surface area contributed by atoms with Gasteiger partial charge in [-0.3, -0.25) is 4.89 Å². The Labute approximate surface area is 150 Å². The summed E-state index contributed by atoms with van der Waals surface area (Å²) in [6, 6.07) is 5.13. The Morgan fingerprint density at radius 3 is 2.71 bits per heavy atom. The van der Waals surface area contributed by atoms with Gasteiger partial charge in [0.2, 0.25) is 0 Å². The van der Waals surface area contributed by atoms with E-state index < -0.39 is 17.7 Å². The van der Waals surface area contributed by atoms with E-state index in [1.54, 1.807) is 11.0 Å². The molecule has 2 rings (SSSR count). The molecule has 8 heteroatoms. The first-order chi connectivity index (χ1) is 9.36. The van der Waals surface area contributed by atoms with Gasteiger partial charge in [-0.25, -0.2) is 4.79 Å². The Hall–Kier alpha value is -0.500. The Bertz CT molecular complexity index is 496. The van der Waals surface area contributed by atoms with Crippen molar-refractivity contribution in [2.45, 2.75) is 25.6 Å². The van der Waals surface area contributed by atoms with Crippen LogP contribution in [0.4, 0.5) is 18.9 Å². The molecule has 0 spiro atoms. The second kappa shape index (κ2) is 7.67. The number of halogens is 3. The molecule has 2 radical (unpaired) electrons. The van der Waals surface area contributed by atoms with Gasteiger partial charge in [0.25, 0.3) is 0 Å². The van der Waals surface area contributed by atoms with Crippen molar-refractivity contribution in [3.05, 3.63) is 29.8 Å². The molecule has 1 aliphatic rings. The molecular weight excluding hydrogens is 315 g/mol. The van der Waals surface area contributed by atoms with E-state index in [-0.39, 0.29) is 43.8 Å². The van der Waals surface area contributed by atoms with Crippen molar-refractivity contribution in [1.82, 2.24) is 0 Å². The molecular formula is C13H14CaF3NO3. The summed E-state index contributed by atoms with van der Waals surface area (Å²) >= 11 is 0. The maximum absolute atomic E-state index is 12.6. The SMILES string of the molecule is CC(=O)OOC1CCN(c2cccc(C(F)(F)F)c2)C1.[Ca]. The van der Waals surface area contributed by atoms with Crippen LogP contribution in [0.5, 0.6) is 0 Å². The van der Waals surface area contributed by atoms with Gasteiger partial charge in [-0.2, -0.15) is 18.1 Å². The molecule has 0 aliphatic carbocycles. The molecule has 112 valence electrons. The maximum Gasteiger partial charge on any atom is 0.416 e. The van der Waals surface area contributed by atoms with Crippen LogP contribution >= 0.6 is 0 Å². The molecule has 1 heterocycles. The van der Waals surface area contributed by atoms with Gasteiger partial charge in [-0.1, -0.05) is 6.07 Å². The van der Waals surface area contributed by atoms with Gasteiger partial charge in [-0.05, 0) is 24.6 Å². The molecule has 1 atom stereocenters. The third-order valence-corrected chi connectivity index (χ3v) is 2.99. The normalized spacial score (nSPS) is 18.3. The van der Waals surface area contributed by atoms with Gasteiger partial charge < -0.3 is 4.90 Å². The van der Waals surface area contributed by atoms with Crippen LogP contribution in [0.25, 0.3) is 0 Å². The van der Waals surface area contributed by atoms with E-state index >= 15 is 0 Å². The van der Waals surface area contributed by atoms with E-state index in [4.69, 9.17) is 4.89 Å². The molecule has 1 aliphatic heterocycles. The Morgan fingerprint density at radius 1 is 1.38 bits per heavy atom. The van der Waals surface area contributed by atoms with E-state index in [1.807, 2.05) is 0 Å². The Balaban J connectivity index is 0.00000220. The first-order valence-corrected chi connectivity index (χ1v) is 6.12. The van der Waals surface area contributed by atoms with Gasteiger partial charge >= 0.3 is 12.1 Å². The van der Waals surface area contributed by atoms with Crippen molar-refractivity contribution in [1.29, 1.82) is 0 Å². The molecule has 0 aromatic heterocycles. The number of hydrogen-bond acceptors (Lipinski definition) is 4.